The Morgan fingerprint density at radius 2 is 1.14 bits per heavy atom. The lowest BCUT2D eigenvalue weighted by Gasteiger charge is -2.32. The Labute approximate surface area is 225 Å². The molecule has 2 aliphatic carbocycles. The number of unbranched alkanes of at least 4 members (excludes halogenated alkanes) is 8. The molecule has 0 radical (unpaired) electrons. The van der Waals surface area contributed by atoms with Gasteiger partial charge in [-0.3, -0.25) is 0 Å². The molecule has 2 aliphatic rings. The van der Waals surface area contributed by atoms with Crippen LogP contribution in [0.25, 0.3) is 0 Å². The van der Waals surface area contributed by atoms with Gasteiger partial charge in [0.05, 0.1) is 6.61 Å². The molecule has 1 nitrogen and oxygen atoms in total. The van der Waals surface area contributed by atoms with Gasteiger partial charge in [-0.1, -0.05) is 129 Å². The molecule has 206 valence electrons. The number of ether oxygens (including phenoxy) is 1. The molecule has 2 fully saturated rings. The molecule has 0 bridgehead atoms. The maximum Gasteiger partial charge on any atom is 0.119 e. The first kappa shape index (κ1) is 29.6. The molecule has 36 heavy (non-hydrogen) atoms. The van der Waals surface area contributed by atoms with Crippen LogP contribution in [0.2, 0.25) is 0 Å². The smallest absolute Gasteiger partial charge is 0.119 e. The Bertz CT molecular complexity index is 641. The van der Waals surface area contributed by atoms with Gasteiger partial charge in [0.15, 0.2) is 0 Å². The molecule has 0 heterocycles. The minimum atomic E-state index is 0.778. The van der Waals surface area contributed by atoms with Crippen molar-refractivity contribution in [3.8, 4) is 5.75 Å². The zero-order chi connectivity index (χ0) is 25.3. The van der Waals surface area contributed by atoms with Crippen LogP contribution in [0.3, 0.4) is 0 Å². The Hall–Kier alpha value is -0.980. The standard InChI is InChI=1S/C35H60O/c1-3-5-7-9-11-16-30-21-23-33(24-22-30)34-25-27-35(28-26-34)36-29-15-20-32-19-14-13-18-31(32)17-12-10-8-6-4-2/h25-28,30-33H,3-24,29H2,1-2H3. The maximum absolute atomic E-state index is 6.19. The maximum atomic E-state index is 6.19. The van der Waals surface area contributed by atoms with Crippen LogP contribution in [0, 0.1) is 17.8 Å². The predicted octanol–water partition coefficient (Wildman–Crippen LogP) is 11.6. The third-order valence-corrected chi connectivity index (χ3v) is 9.65. The van der Waals surface area contributed by atoms with Crippen LogP contribution in [0.15, 0.2) is 24.3 Å². The van der Waals surface area contributed by atoms with E-state index in [0.29, 0.717) is 0 Å². The Balaban J connectivity index is 1.28. The van der Waals surface area contributed by atoms with E-state index in [0.717, 1.165) is 36.0 Å². The first-order valence-electron chi connectivity index (χ1n) is 16.5. The number of benzene rings is 1. The average Bonchev–Trinajstić information content (AvgIpc) is 2.92. The monoisotopic (exact) mass is 496 g/mol. The van der Waals surface area contributed by atoms with Crippen LogP contribution >= 0.6 is 0 Å². The second kappa shape index (κ2) is 18.3. The first-order valence-corrected chi connectivity index (χ1v) is 16.5. The van der Waals surface area contributed by atoms with E-state index < -0.39 is 0 Å². The van der Waals surface area contributed by atoms with E-state index in [9.17, 15) is 0 Å². The molecule has 1 aromatic carbocycles. The lowest BCUT2D eigenvalue weighted by Crippen LogP contribution is -2.20. The molecule has 0 saturated heterocycles. The fourth-order valence-electron chi connectivity index (χ4n) is 7.25. The van der Waals surface area contributed by atoms with Gasteiger partial charge in [-0.2, -0.15) is 0 Å². The molecule has 3 rings (SSSR count). The number of hydrogen-bond donors (Lipinski definition) is 0. The van der Waals surface area contributed by atoms with E-state index in [4.69, 9.17) is 4.74 Å². The summed E-state index contributed by atoms with van der Waals surface area (Å²) in [4.78, 5) is 0. The molecular formula is C35H60O. The Kier molecular flexibility index (Phi) is 15.0. The first-order chi connectivity index (χ1) is 17.8. The lowest BCUT2D eigenvalue weighted by atomic mass is 9.74. The van der Waals surface area contributed by atoms with Gasteiger partial charge in [-0.15, -0.1) is 0 Å². The van der Waals surface area contributed by atoms with Crippen molar-refractivity contribution in [1.82, 2.24) is 0 Å². The second-order valence-electron chi connectivity index (χ2n) is 12.5. The van der Waals surface area contributed by atoms with E-state index in [2.05, 4.69) is 38.1 Å². The van der Waals surface area contributed by atoms with Crippen molar-refractivity contribution in [2.45, 2.75) is 161 Å². The van der Waals surface area contributed by atoms with Gasteiger partial charge in [-0.25, -0.2) is 0 Å². The fraction of sp³-hybridized carbons (Fsp3) is 0.829. The van der Waals surface area contributed by atoms with Crippen molar-refractivity contribution in [2.75, 3.05) is 6.61 Å². The molecule has 1 aromatic rings. The minimum Gasteiger partial charge on any atom is -0.494 e. The van der Waals surface area contributed by atoms with Crippen LogP contribution in [0.1, 0.15) is 167 Å². The molecule has 2 saturated carbocycles. The van der Waals surface area contributed by atoms with Gasteiger partial charge >= 0.3 is 0 Å². The van der Waals surface area contributed by atoms with Crippen LogP contribution in [-0.2, 0) is 0 Å². The third kappa shape index (κ3) is 11.2. The van der Waals surface area contributed by atoms with Crippen LogP contribution in [-0.4, -0.2) is 6.61 Å². The highest BCUT2D eigenvalue weighted by atomic mass is 16.5. The summed E-state index contributed by atoms with van der Waals surface area (Å²) in [6.07, 6.45) is 31.4. The minimum absolute atomic E-state index is 0.778. The van der Waals surface area contributed by atoms with Crippen molar-refractivity contribution in [3.05, 3.63) is 29.8 Å². The highest BCUT2D eigenvalue weighted by molar-refractivity contribution is 5.29. The highest BCUT2D eigenvalue weighted by Crippen LogP contribution is 2.39. The van der Waals surface area contributed by atoms with Crippen LogP contribution < -0.4 is 4.74 Å². The summed E-state index contributed by atoms with van der Waals surface area (Å²) in [5.74, 6) is 4.81. The topological polar surface area (TPSA) is 9.23 Å². The largest absolute Gasteiger partial charge is 0.494 e. The van der Waals surface area contributed by atoms with Gasteiger partial charge in [0.1, 0.15) is 5.75 Å². The van der Waals surface area contributed by atoms with Gasteiger partial charge in [0.2, 0.25) is 0 Å². The molecule has 0 aromatic heterocycles. The second-order valence-corrected chi connectivity index (χ2v) is 12.5. The van der Waals surface area contributed by atoms with E-state index in [1.807, 2.05) is 0 Å². The van der Waals surface area contributed by atoms with E-state index in [1.165, 1.54) is 141 Å². The van der Waals surface area contributed by atoms with Gasteiger partial charge in [0, 0.05) is 0 Å². The summed E-state index contributed by atoms with van der Waals surface area (Å²) in [7, 11) is 0. The van der Waals surface area contributed by atoms with Crippen molar-refractivity contribution < 1.29 is 4.74 Å². The van der Waals surface area contributed by atoms with E-state index in [-0.39, 0.29) is 0 Å². The van der Waals surface area contributed by atoms with Crippen LogP contribution in [0.4, 0.5) is 0 Å². The van der Waals surface area contributed by atoms with Gasteiger partial charge < -0.3 is 4.74 Å². The summed E-state index contributed by atoms with van der Waals surface area (Å²) >= 11 is 0. The van der Waals surface area contributed by atoms with Gasteiger partial charge in [0.25, 0.3) is 0 Å². The number of hydrogen-bond acceptors (Lipinski definition) is 1. The average molecular weight is 497 g/mol. The lowest BCUT2D eigenvalue weighted by molar-refractivity contribution is 0.190. The van der Waals surface area contributed by atoms with Crippen molar-refractivity contribution in [2.24, 2.45) is 17.8 Å². The Morgan fingerprint density at radius 3 is 1.75 bits per heavy atom. The summed E-state index contributed by atoms with van der Waals surface area (Å²) in [5.41, 5.74) is 1.55. The fourth-order valence-corrected chi connectivity index (χ4v) is 7.25. The summed E-state index contributed by atoms with van der Waals surface area (Å²) in [5, 5.41) is 0. The van der Waals surface area contributed by atoms with Crippen molar-refractivity contribution >= 4 is 0 Å². The molecule has 0 N–H and O–H groups in total. The molecule has 0 amide bonds. The zero-order valence-corrected chi connectivity index (χ0v) is 24.3. The van der Waals surface area contributed by atoms with Crippen molar-refractivity contribution in [1.29, 1.82) is 0 Å². The zero-order valence-electron chi connectivity index (χ0n) is 24.3. The summed E-state index contributed by atoms with van der Waals surface area (Å²) in [6.45, 7) is 5.52. The highest BCUT2D eigenvalue weighted by Gasteiger charge is 2.24. The molecule has 2 unspecified atom stereocenters. The number of rotatable bonds is 18. The summed E-state index contributed by atoms with van der Waals surface area (Å²) in [6, 6.07) is 9.21. The van der Waals surface area contributed by atoms with E-state index >= 15 is 0 Å². The quantitative estimate of drug-likeness (QED) is 0.184. The van der Waals surface area contributed by atoms with Gasteiger partial charge in [-0.05, 0) is 79.9 Å². The molecule has 2 atom stereocenters. The summed E-state index contributed by atoms with van der Waals surface area (Å²) < 4.78 is 6.19. The van der Waals surface area contributed by atoms with Crippen LogP contribution in [0.5, 0.6) is 5.75 Å². The Morgan fingerprint density at radius 1 is 0.583 bits per heavy atom. The van der Waals surface area contributed by atoms with E-state index in [1.54, 1.807) is 5.56 Å². The molecule has 0 aliphatic heterocycles. The molecule has 1 heteroatoms. The molecule has 0 spiro atoms. The van der Waals surface area contributed by atoms with Crippen molar-refractivity contribution in [3.63, 3.8) is 0 Å². The predicted molar refractivity (Wildman–Crippen MR) is 158 cm³/mol. The normalized spacial score (nSPS) is 24.6. The molecular weight excluding hydrogens is 436 g/mol. The third-order valence-electron chi connectivity index (χ3n) is 9.65. The SMILES string of the molecule is CCCCCCCC1CCC(c2ccc(OCCCC3CCCCC3CCCCCCC)cc2)CC1.